The highest BCUT2D eigenvalue weighted by molar-refractivity contribution is 6.33. The Morgan fingerprint density at radius 1 is 1.40 bits per heavy atom. The first kappa shape index (κ1) is 19.5. The van der Waals surface area contributed by atoms with Crippen LogP contribution in [0, 0.1) is 11.3 Å². The summed E-state index contributed by atoms with van der Waals surface area (Å²) in [6.45, 7) is 0.825. The van der Waals surface area contributed by atoms with Gasteiger partial charge in [0.05, 0.1) is 28.1 Å². The number of carboxylic acid groups (broad SMARTS) is 1. The van der Waals surface area contributed by atoms with Gasteiger partial charge in [0.25, 0.3) is 0 Å². The molecular formula is C16H18ClF3N2O3. The molecule has 2 rings (SSSR count). The van der Waals surface area contributed by atoms with Crippen molar-refractivity contribution in [2.24, 2.45) is 17.1 Å². The lowest BCUT2D eigenvalue weighted by molar-refractivity contribution is -0.176. The quantitative estimate of drug-likeness (QED) is 0.708. The standard InChI is InChI=1S/C16H18ClF3N2O3/c1-8(16(18,19)20)12(21)13(23)22-11-6-9(2-3-10(11)17)7-15(4-5-15)14(24)25/h2-3,6,8,12H,4-5,7,21H2,1H3,(H,22,23)(H,24,25)/t8-,12-/m1/s1. The van der Waals surface area contributed by atoms with Gasteiger partial charge in [0.15, 0.2) is 0 Å². The number of carboxylic acids is 1. The van der Waals surface area contributed by atoms with E-state index in [1.54, 1.807) is 6.07 Å². The molecule has 2 atom stereocenters. The molecule has 4 N–H and O–H groups in total. The summed E-state index contributed by atoms with van der Waals surface area (Å²) in [7, 11) is 0. The number of benzene rings is 1. The van der Waals surface area contributed by atoms with Gasteiger partial charge < -0.3 is 16.2 Å². The molecule has 138 valence electrons. The Labute approximate surface area is 147 Å². The fraction of sp³-hybridized carbons (Fsp3) is 0.500. The monoisotopic (exact) mass is 378 g/mol. The lowest BCUT2D eigenvalue weighted by atomic mass is 9.96. The highest BCUT2D eigenvalue weighted by atomic mass is 35.5. The Morgan fingerprint density at radius 2 is 2.00 bits per heavy atom. The van der Waals surface area contributed by atoms with Crippen LogP contribution in [0.25, 0.3) is 0 Å². The second-order valence-electron chi connectivity index (χ2n) is 6.42. The maximum Gasteiger partial charge on any atom is 0.393 e. The number of rotatable bonds is 6. The van der Waals surface area contributed by atoms with E-state index in [-0.39, 0.29) is 17.1 Å². The molecule has 25 heavy (non-hydrogen) atoms. The first-order valence-corrected chi connectivity index (χ1v) is 7.99. The zero-order valence-corrected chi connectivity index (χ0v) is 14.1. The van der Waals surface area contributed by atoms with Crippen molar-refractivity contribution in [1.29, 1.82) is 0 Å². The van der Waals surface area contributed by atoms with Crippen molar-refractivity contribution in [2.75, 3.05) is 5.32 Å². The second kappa shape index (κ2) is 6.84. The molecule has 5 nitrogen and oxygen atoms in total. The Hall–Kier alpha value is -1.80. The molecule has 1 amide bonds. The van der Waals surface area contributed by atoms with E-state index in [0.717, 1.165) is 6.92 Å². The Balaban J connectivity index is 2.13. The predicted octanol–water partition coefficient (Wildman–Crippen LogP) is 3.21. The molecular weight excluding hydrogens is 361 g/mol. The molecule has 0 saturated heterocycles. The lowest BCUT2D eigenvalue weighted by Gasteiger charge is -2.22. The summed E-state index contributed by atoms with van der Waals surface area (Å²) in [6.07, 6.45) is -3.23. The topological polar surface area (TPSA) is 92.4 Å². The molecule has 1 aromatic rings. The molecule has 0 heterocycles. The van der Waals surface area contributed by atoms with Gasteiger partial charge in [0, 0.05) is 0 Å². The van der Waals surface area contributed by atoms with Crippen LogP contribution in [-0.4, -0.2) is 29.2 Å². The Bertz CT molecular complexity index is 690. The molecule has 1 saturated carbocycles. The first-order valence-electron chi connectivity index (χ1n) is 7.61. The van der Waals surface area contributed by atoms with Crippen molar-refractivity contribution in [2.45, 2.75) is 38.4 Å². The molecule has 0 unspecified atom stereocenters. The maximum atomic E-state index is 12.7. The molecule has 1 aliphatic carbocycles. The number of amides is 1. The van der Waals surface area contributed by atoms with Gasteiger partial charge in [-0.2, -0.15) is 13.2 Å². The van der Waals surface area contributed by atoms with Crippen LogP contribution in [0.1, 0.15) is 25.3 Å². The summed E-state index contributed by atoms with van der Waals surface area (Å²) in [6, 6.07) is 2.77. The van der Waals surface area contributed by atoms with Gasteiger partial charge in [-0.3, -0.25) is 9.59 Å². The summed E-state index contributed by atoms with van der Waals surface area (Å²) < 4.78 is 38.0. The zero-order valence-electron chi connectivity index (χ0n) is 13.4. The number of aliphatic carboxylic acids is 1. The van der Waals surface area contributed by atoms with E-state index in [4.69, 9.17) is 17.3 Å². The molecule has 0 aromatic heterocycles. The summed E-state index contributed by atoms with van der Waals surface area (Å²) in [5, 5.41) is 11.6. The number of nitrogens with one attached hydrogen (secondary N) is 1. The smallest absolute Gasteiger partial charge is 0.393 e. The van der Waals surface area contributed by atoms with Crippen LogP contribution in [0.15, 0.2) is 18.2 Å². The number of alkyl halides is 3. The van der Waals surface area contributed by atoms with E-state index in [0.29, 0.717) is 18.4 Å². The molecule has 1 aromatic carbocycles. The van der Waals surface area contributed by atoms with Crippen LogP contribution in [-0.2, 0) is 16.0 Å². The fourth-order valence-corrected chi connectivity index (χ4v) is 2.60. The summed E-state index contributed by atoms with van der Waals surface area (Å²) in [5.41, 5.74) is 5.30. The highest BCUT2D eigenvalue weighted by Gasteiger charge is 2.50. The first-order chi connectivity index (χ1) is 11.5. The third-order valence-corrected chi connectivity index (χ3v) is 4.83. The van der Waals surface area contributed by atoms with E-state index < -0.39 is 35.4 Å². The van der Waals surface area contributed by atoms with Gasteiger partial charge >= 0.3 is 12.1 Å². The van der Waals surface area contributed by atoms with E-state index in [1.165, 1.54) is 12.1 Å². The zero-order chi connectivity index (χ0) is 19.0. The van der Waals surface area contributed by atoms with Gasteiger partial charge in [-0.15, -0.1) is 0 Å². The van der Waals surface area contributed by atoms with E-state index in [2.05, 4.69) is 5.32 Å². The molecule has 0 aliphatic heterocycles. The van der Waals surface area contributed by atoms with E-state index in [9.17, 15) is 27.9 Å². The van der Waals surface area contributed by atoms with Crippen LogP contribution in [0.3, 0.4) is 0 Å². The molecule has 0 bridgehead atoms. The van der Waals surface area contributed by atoms with Crippen LogP contribution < -0.4 is 11.1 Å². The number of hydrogen-bond acceptors (Lipinski definition) is 3. The number of nitrogens with two attached hydrogens (primary N) is 1. The average Bonchev–Trinajstić information content (AvgIpc) is 3.29. The summed E-state index contributed by atoms with van der Waals surface area (Å²) in [4.78, 5) is 23.2. The van der Waals surface area contributed by atoms with Crippen molar-refractivity contribution in [3.8, 4) is 0 Å². The summed E-state index contributed by atoms with van der Waals surface area (Å²) >= 11 is 5.97. The van der Waals surface area contributed by atoms with Gasteiger partial charge in [-0.05, 0) is 37.0 Å². The van der Waals surface area contributed by atoms with Crippen LogP contribution in [0.5, 0.6) is 0 Å². The van der Waals surface area contributed by atoms with Crippen molar-refractivity contribution < 1.29 is 27.9 Å². The minimum absolute atomic E-state index is 0.107. The van der Waals surface area contributed by atoms with Gasteiger partial charge in [0.2, 0.25) is 5.91 Å². The Kier molecular flexibility index (Phi) is 5.34. The number of hydrogen-bond donors (Lipinski definition) is 3. The van der Waals surface area contributed by atoms with Crippen molar-refractivity contribution >= 4 is 29.2 Å². The van der Waals surface area contributed by atoms with Crippen LogP contribution >= 0.6 is 11.6 Å². The van der Waals surface area contributed by atoms with Gasteiger partial charge in [-0.25, -0.2) is 0 Å². The van der Waals surface area contributed by atoms with Crippen LogP contribution in [0.4, 0.5) is 18.9 Å². The average molecular weight is 379 g/mol. The number of carbonyl (C=O) groups excluding carboxylic acids is 1. The largest absolute Gasteiger partial charge is 0.481 e. The highest BCUT2D eigenvalue weighted by Crippen LogP contribution is 2.49. The van der Waals surface area contributed by atoms with Gasteiger partial charge in [0.1, 0.15) is 0 Å². The fourth-order valence-electron chi connectivity index (χ4n) is 2.43. The molecule has 9 heteroatoms. The van der Waals surface area contributed by atoms with Crippen molar-refractivity contribution in [3.63, 3.8) is 0 Å². The molecule has 0 spiro atoms. The number of halogens is 4. The minimum atomic E-state index is -4.59. The SMILES string of the molecule is C[C@H]([C@@H](N)C(=O)Nc1cc(CC2(C(=O)O)CC2)ccc1Cl)C(F)(F)F. The number of carbonyl (C=O) groups is 2. The third kappa shape index (κ3) is 4.43. The predicted molar refractivity (Wildman–Crippen MR) is 86.3 cm³/mol. The van der Waals surface area contributed by atoms with Crippen molar-refractivity contribution in [1.82, 2.24) is 0 Å². The maximum absolute atomic E-state index is 12.7. The van der Waals surface area contributed by atoms with Crippen LogP contribution in [0.2, 0.25) is 5.02 Å². The molecule has 0 radical (unpaired) electrons. The second-order valence-corrected chi connectivity index (χ2v) is 6.83. The third-order valence-electron chi connectivity index (χ3n) is 4.50. The Morgan fingerprint density at radius 3 is 2.48 bits per heavy atom. The van der Waals surface area contributed by atoms with E-state index >= 15 is 0 Å². The van der Waals surface area contributed by atoms with E-state index in [1.807, 2.05) is 0 Å². The summed E-state index contributed by atoms with van der Waals surface area (Å²) in [5.74, 6) is -3.92. The molecule has 1 fully saturated rings. The lowest BCUT2D eigenvalue weighted by Crippen LogP contribution is -2.46. The minimum Gasteiger partial charge on any atom is -0.481 e. The normalized spacial score (nSPS) is 18.3. The molecule has 1 aliphatic rings. The van der Waals surface area contributed by atoms with Gasteiger partial charge in [-0.1, -0.05) is 24.6 Å². The number of anilines is 1. The van der Waals surface area contributed by atoms with Crippen molar-refractivity contribution in [3.05, 3.63) is 28.8 Å².